The van der Waals surface area contributed by atoms with Crippen LogP contribution in [0.1, 0.15) is 24.2 Å². The van der Waals surface area contributed by atoms with Crippen LogP contribution in [0.4, 0.5) is 0 Å². The zero-order chi connectivity index (χ0) is 18.8. The van der Waals surface area contributed by atoms with Gasteiger partial charge in [-0.15, -0.1) is 0 Å². The number of aryl methyl sites for hydroxylation is 2. The summed E-state index contributed by atoms with van der Waals surface area (Å²) in [5, 5.41) is 11.7. The number of amides is 1. The standard InChI is InChI=1S/C18H21N5O3/c1-11(13-5-7-14(26-4)8-6-13)20-16(24)10-23-18(25)17-12(2)21-22(3)15(17)9-19-23/h5-9,11H,10H2,1-4H3,(H,20,24)/t11-/m0/s1. The maximum Gasteiger partial charge on any atom is 0.278 e. The van der Waals surface area contributed by atoms with Gasteiger partial charge in [0.2, 0.25) is 5.91 Å². The van der Waals surface area contributed by atoms with Crippen LogP contribution in [0, 0.1) is 6.92 Å². The number of carbonyl (C=O) groups is 1. The normalized spacial score (nSPS) is 12.2. The third-order valence-electron chi connectivity index (χ3n) is 4.32. The Morgan fingerprint density at radius 2 is 2.00 bits per heavy atom. The van der Waals surface area contributed by atoms with Crippen LogP contribution < -0.4 is 15.6 Å². The largest absolute Gasteiger partial charge is 0.497 e. The number of aromatic nitrogens is 4. The lowest BCUT2D eigenvalue weighted by molar-refractivity contribution is -0.122. The minimum absolute atomic E-state index is 0.149. The van der Waals surface area contributed by atoms with Crippen molar-refractivity contribution in [1.29, 1.82) is 0 Å². The van der Waals surface area contributed by atoms with Crippen LogP contribution in [0.15, 0.2) is 35.3 Å². The minimum atomic E-state index is -0.319. The highest BCUT2D eigenvalue weighted by Gasteiger charge is 2.15. The molecular weight excluding hydrogens is 334 g/mol. The number of methoxy groups -OCH3 is 1. The second kappa shape index (κ2) is 6.99. The topological polar surface area (TPSA) is 91.0 Å². The van der Waals surface area contributed by atoms with Gasteiger partial charge in [0, 0.05) is 7.05 Å². The number of ether oxygens (including phenoxy) is 1. The Balaban J connectivity index is 1.75. The Labute approximate surface area is 150 Å². The molecule has 26 heavy (non-hydrogen) atoms. The average molecular weight is 355 g/mol. The number of carbonyl (C=O) groups excluding carboxylic acids is 1. The van der Waals surface area contributed by atoms with Gasteiger partial charge in [-0.1, -0.05) is 12.1 Å². The summed E-state index contributed by atoms with van der Waals surface area (Å²) in [4.78, 5) is 24.9. The Morgan fingerprint density at radius 1 is 1.31 bits per heavy atom. The van der Waals surface area contributed by atoms with E-state index in [-0.39, 0.29) is 24.1 Å². The third-order valence-corrected chi connectivity index (χ3v) is 4.32. The second-order valence-corrected chi connectivity index (χ2v) is 6.14. The van der Waals surface area contributed by atoms with Crippen LogP contribution in [0.25, 0.3) is 10.9 Å². The molecule has 3 rings (SSSR count). The van der Waals surface area contributed by atoms with Gasteiger partial charge in [0.15, 0.2) is 0 Å². The smallest absolute Gasteiger partial charge is 0.278 e. The number of fused-ring (bicyclic) bond motifs is 1. The van der Waals surface area contributed by atoms with Crippen molar-refractivity contribution in [1.82, 2.24) is 24.9 Å². The molecule has 0 radical (unpaired) electrons. The van der Waals surface area contributed by atoms with Crippen LogP contribution in [-0.4, -0.2) is 32.6 Å². The molecule has 0 fully saturated rings. The zero-order valence-electron chi connectivity index (χ0n) is 15.2. The SMILES string of the molecule is COc1ccc([C@H](C)NC(=O)Cn2ncc3c(c(C)nn3C)c2=O)cc1. The molecule has 2 heterocycles. The molecule has 0 aliphatic rings. The van der Waals surface area contributed by atoms with Gasteiger partial charge >= 0.3 is 0 Å². The van der Waals surface area contributed by atoms with Gasteiger partial charge in [0.1, 0.15) is 12.3 Å². The second-order valence-electron chi connectivity index (χ2n) is 6.14. The van der Waals surface area contributed by atoms with Crippen LogP contribution in [0.2, 0.25) is 0 Å². The molecule has 0 saturated carbocycles. The van der Waals surface area contributed by atoms with Gasteiger partial charge < -0.3 is 10.1 Å². The molecule has 0 unspecified atom stereocenters. The van der Waals surface area contributed by atoms with E-state index in [1.165, 1.54) is 0 Å². The number of rotatable bonds is 5. The number of hydrogen-bond acceptors (Lipinski definition) is 5. The molecule has 0 spiro atoms. The van der Waals surface area contributed by atoms with E-state index >= 15 is 0 Å². The minimum Gasteiger partial charge on any atom is -0.497 e. The summed E-state index contributed by atoms with van der Waals surface area (Å²) < 4.78 is 7.89. The summed E-state index contributed by atoms with van der Waals surface area (Å²) >= 11 is 0. The zero-order valence-corrected chi connectivity index (χ0v) is 15.2. The summed E-state index contributed by atoms with van der Waals surface area (Å²) in [6.07, 6.45) is 1.55. The maximum absolute atomic E-state index is 12.6. The highest BCUT2D eigenvalue weighted by Crippen LogP contribution is 2.17. The lowest BCUT2D eigenvalue weighted by Gasteiger charge is -2.15. The van der Waals surface area contributed by atoms with E-state index < -0.39 is 0 Å². The predicted octanol–water partition coefficient (Wildman–Crippen LogP) is 1.32. The fraction of sp³-hybridized carbons (Fsp3) is 0.333. The first-order valence-corrected chi connectivity index (χ1v) is 8.23. The summed E-state index contributed by atoms with van der Waals surface area (Å²) in [7, 11) is 3.36. The maximum atomic E-state index is 12.6. The predicted molar refractivity (Wildman–Crippen MR) is 97.1 cm³/mol. The molecule has 1 N–H and O–H groups in total. The quantitative estimate of drug-likeness (QED) is 0.745. The molecule has 3 aromatic rings. The molecule has 8 heteroatoms. The molecule has 1 atom stereocenters. The Bertz CT molecular complexity index is 1000. The van der Waals surface area contributed by atoms with Crippen LogP contribution >= 0.6 is 0 Å². The molecule has 0 aliphatic carbocycles. The fourth-order valence-electron chi connectivity index (χ4n) is 2.91. The van der Waals surface area contributed by atoms with Crippen molar-refractivity contribution in [3.63, 3.8) is 0 Å². The van der Waals surface area contributed by atoms with E-state index in [4.69, 9.17) is 4.74 Å². The lowest BCUT2D eigenvalue weighted by Crippen LogP contribution is -2.35. The van der Waals surface area contributed by atoms with E-state index in [1.54, 1.807) is 32.0 Å². The average Bonchev–Trinajstić information content (AvgIpc) is 2.91. The van der Waals surface area contributed by atoms with Crippen molar-refractivity contribution < 1.29 is 9.53 Å². The third kappa shape index (κ3) is 3.30. The summed E-state index contributed by atoms with van der Waals surface area (Å²) in [6.45, 7) is 3.49. The van der Waals surface area contributed by atoms with Gasteiger partial charge in [-0.3, -0.25) is 14.3 Å². The molecule has 136 valence electrons. The van der Waals surface area contributed by atoms with E-state index in [0.717, 1.165) is 16.0 Å². The fourth-order valence-corrected chi connectivity index (χ4v) is 2.91. The van der Waals surface area contributed by atoms with E-state index in [2.05, 4.69) is 15.5 Å². The van der Waals surface area contributed by atoms with Gasteiger partial charge in [0.05, 0.1) is 35.9 Å². The first kappa shape index (κ1) is 17.7. The van der Waals surface area contributed by atoms with Gasteiger partial charge in [0.25, 0.3) is 5.56 Å². The van der Waals surface area contributed by atoms with Gasteiger partial charge in [-0.05, 0) is 31.5 Å². The van der Waals surface area contributed by atoms with Gasteiger partial charge in [-0.25, -0.2) is 4.68 Å². The van der Waals surface area contributed by atoms with E-state index in [9.17, 15) is 9.59 Å². The highest BCUT2D eigenvalue weighted by atomic mass is 16.5. The lowest BCUT2D eigenvalue weighted by atomic mass is 10.1. The summed E-state index contributed by atoms with van der Waals surface area (Å²) in [6, 6.07) is 7.25. The van der Waals surface area contributed by atoms with E-state index in [1.807, 2.05) is 31.2 Å². The van der Waals surface area contributed by atoms with Crippen LogP contribution in [0.5, 0.6) is 5.75 Å². The van der Waals surface area contributed by atoms with Crippen LogP contribution in [-0.2, 0) is 18.4 Å². The molecule has 1 aromatic carbocycles. The highest BCUT2D eigenvalue weighted by molar-refractivity contribution is 5.80. The van der Waals surface area contributed by atoms with Crippen molar-refractivity contribution in [2.45, 2.75) is 26.4 Å². The molecular formula is C18H21N5O3. The Morgan fingerprint density at radius 3 is 2.65 bits per heavy atom. The number of nitrogens with one attached hydrogen (secondary N) is 1. The van der Waals surface area contributed by atoms with E-state index in [0.29, 0.717) is 16.6 Å². The van der Waals surface area contributed by atoms with Crippen molar-refractivity contribution in [2.24, 2.45) is 7.05 Å². The number of nitrogens with zero attached hydrogens (tertiary/aromatic N) is 4. The van der Waals surface area contributed by atoms with Crippen molar-refractivity contribution in [3.05, 3.63) is 52.1 Å². The summed E-state index contributed by atoms with van der Waals surface area (Å²) in [5.74, 6) is 0.465. The first-order valence-electron chi connectivity index (χ1n) is 8.23. The Kier molecular flexibility index (Phi) is 4.75. The number of benzene rings is 1. The molecule has 0 saturated heterocycles. The Hall–Kier alpha value is -3.16. The van der Waals surface area contributed by atoms with Crippen molar-refractivity contribution in [2.75, 3.05) is 7.11 Å². The monoisotopic (exact) mass is 355 g/mol. The number of hydrogen-bond donors (Lipinski definition) is 1. The molecule has 2 aromatic heterocycles. The van der Waals surface area contributed by atoms with Crippen LogP contribution in [0.3, 0.4) is 0 Å². The molecule has 8 nitrogen and oxygen atoms in total. The van der Waals surface area contributed by atoms with Crippen molar-refractivity contribution in [3.8, 4) is 5.75 Å². The van der Waals surface area contributed by atoms with Crippen molar-refractivity contribution >= 4 is 16.8 Å². The molecule has 0 aliphatic heterocycles. The van der Waals surface area contributed by atoms with Gasteiger partial charge in [-0.2, -0.15) is 10.2 Å². The molecule has 0 bridgehead atoms. The molecule has 1 amide bonds. The first-order chi connectivity index (χ1) is 12.4. The summed E-state index contributed by atoms with van der Waals surface area (Å²) in [5.41, 5.74) is 1.89.